The van der Waals surface area contributed by atoms with E-state index in [9.17, 15) is 18.0 Å². The second-order valence-corrected chi connectivity index (χ2v) is 10.4. The third-order valence-electron chi connectivity index (χ3n) is 4.49. The maximum Gasteiger partial charge on any atom is 0.251 e. The first-order valence-electron chi connectivity index (χ1n) is 10.2. The van der Waals surface area contributed by atoms with Crippen molar-refractivity contribution in [3.05, 3.63) is 59.7 Å². The number of nitrogens with one attached hydrogen (secondary N) is 3. The highest BCUT2D eigenvalue weighted by molar-refractivity contribution is 7.89. The molecule has 0 atom stereocenters. The van der Waals surface area contributed by atoms with Gasteiger partial charge in [0.05, 0.1) is 4.90 Å². The Hall–Kier alpha value is -2.71. The lowest BCUT2D eigenvalue weighted by Gasteiger charge is -2.19. The monoisotopic (exact) mass is 445 g/mol. The molecule has 0 saturated heterocycles. The molecular formula is C23H31N3O4S. The molecule has 2 rings (SSSR count). The molecule has 0 heterocycles. The van der Waals surface area contributed by atoms with E-state index in [-0.39, 0.29) is 41.1 Å². The van der Waals surface area contributed by atoms with Gasteiger partial charge in [0.15, 0.2) is 0 Å². The van der Waals surface area contributed by atoms with Crippen LogP contribution < -0.4 is 15.4 Å². The molecule has 0 saturated carbocycles. The lowest BCUT2D eigenvalue weighted by Crippen LogP contribution is -2.30. The van der Waals surface area contributed by atoms with Gasteiger partial charge < -0.3 is 10.6 Å². The van der Waals surface area contributed by atoms with Gasteiger partial charge in [-0.05, 0) is 61.2 Å². The van der Waals surface area contributed by atoms with Gasteiger partial charge in [0.1, 0.15) is 0 Å². The smallest absolute Gasteiger partial charge is 0.251 e. The molecule has 2 amide bonds. The zero-order valence-electron chi connectivity index (χ0n) is 18.7. The van der Waals surface area contributed by atoms with Gasteiger partial charge in [-0.15, -0.1) is 0 Å². The number of anilines is 1. The van der Waals surface area contributed by atoms with Crippen molar-refractivity contribution in [3.63, 3.8) is 0 Å². The number of hydrogen-bond donors (Lipinski definition) is 3. The zero-order chi connectivity index (χ0) is 23.2. The van der Waals surface area contributed by atoms with Crippen molar-refractivity contribution < 1.29 is 18.0 Å². The quantitative estimate of drug-likeness (QED) is 0.579. The summed E-state index contributed by atoms with van der Waals surface area (Å²) in [6.07, 6.45) is 0.0980. The van der Waals surface area contributed by atoms with Crippen molar-refractivity contribution in [3.8, 4) is 0 Å². The standard InChI is InChI=1S/C23H31N3O4S/c1-16(2)26-31(29,30)20-12-10-19(11-13-20)25-21(27)14-15-24-22(28)17-6-8-18(9-7-17)23(3,4)5/h6-13,16,26H,14-15H2,1-5H3,(H,24,28)(H,25,27). The molecule has 0 aliphatic rings. The number of carbonyl (C=O) groups is 2. The summed E-state index contributed by atoms with van der Waals surface area (Å²) < 4.78 is 26.8. The Morgan fingerprint density at radius 2 is 1.52 bits per heavy atom. The molecule has 0 fully saturated rings. The Morgan fingerprint density at radius 3 is 2.03 bits per heavy atom. The fourth-order valence-corrected chi connectivity index (χ4v) is 4.08. The molecule has 31 heavy (non-hydrogen) atoms. The number of amides is 2. The van der Waals surface area contributed by atoms with Crippen LogP contribution in [0.25, 0.3) is 0 Å². The van der Waals surface area contributed by atoms with E-state index >= 15 is 0 Å². The van der Waals surface area contributed by atoms with Crippen LogP contribution in [0.4, 0.5) is 5.69 Å². The van der Waals surface area contributed by atoms with E-state index in [1.807, 2.05) is 12.1 Å². The molecule has 3 N–H and O–H groups in total. The Bertz CT molecular complexity index is 1010. The van der Waals surface area contributed by atoms with Crippen LogP contribution in [0.3, 0.4) is 0 Å². The maximum atomic E-state index is 12.2. The number of benzene rings is 2. The van der Waals surface area contributed by atoms with Gasteiger partial charge in [0.2, 0.25) is 15.9 Å². The van der Waals surface area contributed by atoms with E-state index in [4.69, 9.17) is 0 Å². The summed E-state index contributed by atoms with van der Waals surface area (Å²) in [5, 5.41) is 5.43. The average molecular weight is 446 g/mol. The largest absolute Gasteiger partial charge is 0.352 e. The average Bonchev–Trinajstić information content (AvgIpc) is 2.66. The molecule has 2 aromatic carbocycles. The molecule has 2 aromatic rings. The normalized spacial score (nSPS) is 11.9. The van der Waals surface area contributed by atoms with Crippen LogP contribution in [-0.2, 0) is 20.2 Å². The van der Waals surface area contributed by atoms with Crippen LogP contribution in [0, 0.1) is 0 Å². The Morgan fingerprint density at radius 1 is 0.935 bits per heavy atom. The Kier molecular flexibility index (Phi) is 7.97. The first-order valence-corrected chi connectivity index (χ1v) is 11.7. The van der Waals surface area contributed by atoms with Gasteiger partial charge >= 0.3 is 0 Å². The van der Waals surface area contributed by atoms with Gasteiger partial charge in [-0.25, -0.2) is 13.1 Å². The van der Waals surface area contributed by atoms with E-state index in [1.54, 1.807) is 26.0 Å². The van der Waals surface area contributed by atoms with Crippen LogP contribution in [-0.4, -0.2) is 32.8 Å². The van der Waals surface area contributed by atoms with E-state index in [2.05, 4.69) is 36.1 Å². The highest BCUT2D eigenvalue weighted by Gasteiger charge is 2.16. The van der Waals surface area contributed by atoms with Crippen LogP contribution >= 0.6 is 0 Å². The van der Waals surface area contributed by atoms with Crippen molar-refractivity contribution in [1.82, 2.24) is 10.0 Å². The minimum atomic E-state index is -3.58. The SMILES string of the molecule is CC(C)NS(=O)(=O)c1ccc(NC(=O)CCNC(=O)c2ccc(C(C)(C)C)cc2)cc1. The minimum Gasteiger partial charge on any atom is -0.352 e. The molecule has 0 bridgehead atoms. The van der Waals surface area contributed by atoms with E-state index in [0.29, 0.717) is 11.3 Å². The Labute approximate surface area is 184 Å². The molecule has 0 radical (unpaired) electrons. The molecule has 0 aliphatic heterocycles. The third-order valence-corrected chi connectivity index (χ3v) is 6.16. The lowest BCUT2D eigenvalue weighted by atomic mass is 9.87. The summed E-state index contributed by atoms with van der Waals surface area (Å²) in [6, 6.07) is 13.1. The highest BCUT2D eigenvalue weighted by Crippen LogP contribution is 2.22. The number of hydrogen-bond acceptors (Lipinski definition) is 4. The van der Waals surface area contributed by atoms with Crippen molar-refractivity contribution in [2.24, 2.45) is 0 Å². The highest BCUT2D eigenvalue weighted by atomic mass is 32.2. The molecule has 168 valence electrons. The fraction of sp³-hybridized carbons (Fsp3) is 0.391. The minimum absolute atomic E-state index is 0.0143. The van der Waals surface area contributed by atoms with E-state index < -0.39 is 10.0 Å². The third kappa shape index (κ3) is 7.48. The van der Waals surface area contributed by atoms with Crippen LogP contribution in [0.5, 0.6) is 0 Å². The van der Waals surface area contributed by atoms with E-state index in [0.717, 1.165) is 5.56 Å². The molecular weight excluding hydrogens is 414 g/mol. The number of rotatable bonds is 8. The van der Waals surface area contributed by atoms with E-state index in [1.165, 1.54) is 24.3 Å². The first-order chi connectivity index (χ1) is 14.4. The summed E-state index contributed by atoms with van der Waals surface area (Å²) in [5.41, 5.74) is 2.18. The van der Waals surface area contributed by atoms with Crippen molar-refractivity contribution >= 4 is 27.5 Å². The summed E-state index contributed by atoms with van der Waals surface area (Å²) >= 11 is 0. The molecule has 0 aliphatic carbocycles. The Balaban J connectivity index is 1.83. The number of sulfonamides is 1. The molecule has 0 aromatic heterocycles. The second-order valence-electron chi connectivity index (χ2n) is 8.68. The molecule has 0 spiro atoms. The molecule has 8 heteroatoms. The topological polar surface area (TPSA) is 104 Å². The summed E-state index contributed by atoms with van der Waals surface area (Å²) in [4.78, 5) is 24.5. The van der Waals surface area contributed by atoms with Crippen LogP contribution in [0.1, 0.15) is 57.0 Å². The van der Waals surface area contributed by atoms with Gasteiger partial charge in [-0.2, -0.15) is 0 Å². The summed E-state index contributed by atoms with van der Waals surface area (Å²) in [5.74, 6) is -0.514. The number of carbonyl (C=O) groups excluding carboxylic acids is 2. The van der Waals surface area contributed by atoms with Gasteiger partial charge in [0, 0.05) is 30.3 Å². The fourth-order valence-electron chi connectivity index (χ4n) is 2.83. The van der Waals surface area contributed by atoms with Gasteiger partial charge in [0.25, 0.3) is 5.91 Å². The molecule has 7 nitrogen and oxygen atoms in total. The molecule has 0 unspecified atom stereocenters. The summed E-state index contributed by atoms with van der Waals surface area (Å²) in [6.45, 7) is 10.00. The van der Waals surface area contributed by atoms with Crippen LogP contribution in [0.15, 0.2) is 53.4 Å². The van der Waals surface area contributed by atoms with Gasteiger partial charge in [-0.1, -0.05) is 32.9 Å². The lowest BCUT2D eigenvalue weighted by molar-refractivity contribution is -0.116. The second kappa shape index (κ2) is 10.1. The predicted molar refractivity (Wildman–Crippen MR) is 123 cm³/mol. The van der Waals surface area contributed by atoms with Crippen molar-refractivity contribution in [2.75, 3.05) is 11.9 Å². The van der Waals surface area contributed by atoms with Crippen LogP contribution in [0.2, 0.25) is 0 Å². The summed E-state index contributed by atoms with van der Waals surface area (Å²) in [7, 11) is -3.58. The predicted octanol–water partition coefficient (Wildman–Crippen LogP) is 3.43. The zero-order valence-corrected chi connectivity index (χ0v) is 19.5. The van der Waals surface area contributed by atoms with Gasteiger partial charge in [-0.3, -0.25) is 9.59 Å². The van der Waals surface area contributed by atoms with Crippen molar-refractivity contribution in [1.29, 1.82) is 0 Å². The maximum absolute atomic E-state index is 12.2. The van der Waals surface area contributed by atoms with Crippen molar-refractivity contribution in [2.45, 2.75) is 57.4 Å². The first kappa shape index (κ1) is 24.6.